The molecule has 1 aromatic heterocycles. The van der Waals surface area contributed by atoms with Gasteiger partial charge in [-0.1, -0.05) is 0 Å². The van der Waals surface area contributed by atoms with E-state index in [4.69, 9.17) is 5.73 Å². The lowest BCUT2D eigenvalue weighted by Gasteiger charge is -2.08. The lowest BCUT2D eigenvalue weighted by Crippen LogP contribution is -2.07. The molecule has 8 heteroatoms. The van der Waals surface area contributed by atoms with Crippen molar-refractivity contribution in [3.63, 3.8) is 0 Å². The SMILES string of the molecule is COC(=O)c1cc(C(=C/N)/C=N/C(F)(F)F)c(C)cn1. The van der Waals surface area contributed by atoms with Gasteiger partial charge in [-0.25, -0.2) is 9.78 Å². The molecule has 0 saturated heterocycles. The summed E-state index contributed by atoms with van der Waals surface area (Å²) >= 11 is 0. The van der Waals surface area contributed by atoms with Gasteiger partial charge in [0.05, 0.1) is 7.11 Å². The van der Waals surface area contributed by atoms with E-state index in [0.717, 1.165) is 6.20 Å². The van der Waals surface area contributed by atoms with Gasteiger partial charge in [0.25, 0.3) is 0 Å². The van der Waals surface area contributed by atoms with Crippen LogP contribution in [-0.4, -0.2) is 30.6 Å². The fourth-order valence-corrected chi connectivity index (χ4v) is 1.40. The van der Waals surface area contributed by atoms with Crippen molar-refractivity contribution in [3.8, 4) is 0 Å². The number of aryl methyl sites for hydroxylation is 1. The predicted octanol–water partition coefficient (Wildman–Crippen LogP) is 2.07. The van der Waals surface area contributed by atoms with Crippen molar-refractivity contribution in [1.82, 2.24) is 4.98 Å². The maximum absolute atomic E-state index is 12.1. The number of aromatic nitrogens is 1. The van der Waals surface area contributed by atoms with E-state index in [1.54, 1.807) is 6.92 Å². The molecule has 0 spiro atoms. The number of rotatable bonds is 3. The molecule has 20 heavy (non-hydrogen) atoms. The Morgan fingerprint density at radius 1 is 1.50 bits per heavy atom. The first-order chi connectivity index (χ1) is 9.28. The third kappa shape index (κ3) is 4.08. The summed E-state index contributed by atoms with van der Waals surface area (Å²) in [6.07, 6.45) is -1.80. The summed E-state index contributed by atoms with van der Waals surface area (Å²) in [4.78, 5) is 17.6. The molecule has 0 atom stereocenters. The number of nitrogens with two attached hydrogens (primary N) is 1. The second-order valence-corrected chi connectivity index (χ2v) is 3.72. The Balaban J connectivity index is 3.22. The largest absolute Gasteiger partial charge is 0.503 e. The number of ether oxygens (including phenoxy) is 1. The molecule has 2 N–H and O–H groups in total. The van der Waals surface area contributed by atoms with E-state index in [9.17, 15) is 18.0 Å². The van der Waals surface area contributed by atoms with Crippen molar-refractivity contribution >= 4 is 17.8 Å². The molecule has 0 aliphatic heterocycles. The van der Waals surface area contributed by atoms with Gasteiger partial charge in [-0.2, -0.15) is 4.99 Å². The van der Waals surface area contributed by atoms with Crippen molar-refractivity contribution in [2.75, 3.05) is 7.11 Å². The summed E-state index contributed by atoms with van der Waals surface area (Å²) in [6, 6.07) is 1.29. The highest BCUT2D eigenvalue weighted by Crippen LogP contribution is 2.21. The van der Waals surface area contributed by atoms with Gasteiger partial charge in [-0.15, -0.1) is 13.2 Å². The van der Waals surface area contributed by atoms with E-state index in [1.165, 1.54) is 19.4 Å². The van der Waals surface area contributed by atoms with Crippen molar-refractivity contribution in [3.05, 3.63) is 35.3 Å². The maximum Gasteiger partial charge on any atom is 0.503 e. The molecular formula is C12H12F3N3O2. The molecule has 0 aromatic carbocycles. The molecule has 0 bridgehead atoms. The summed E-state index contributed by atoms with van der Waals surface area (Å²) in [5.41, 5.74) is 6.15. The zero-order valence-corrected chi connectivity index (χ0v) is 10.7. The summed E-state index contributed by atoms with van der Waals surface area (Å²) < 4.78 is 40.7. The number of hydrogen-bond donors (Lipinski definition) is 1. The molecule has 0 aliphatic rings. The van der Waals surface area contributed by atoms with Gasteiger partial charge in [-0.05, 0) is 24.1 Å². The third-order valence-corrected chi connectivity index (χ3v) is 2.34. The van der Waals surface area contributed by atoms with Crippen LogP contribution in [0.3, 0.4) is 0 Å². The van der Waals surface area contributed by atoms with E-state index in [0.29, 0.717) is 17.3 Å². The Labute approximate surface area is 113 Å². The summed E-state index contributed by atoms with van der Waals surface area (Å²) in [6.45, 7) is 1.62. The second-order valence-electron chi connectivity index (χ2n) is 3.72. The van der Waals surface area contributed by atoms with Gasteiger partial charge in [0.2, 0.25) is 0 Å². The van der Waals surface area contributed by atoms with E-state index in [1.807, 2.05) is 0 Å². The first-order valence-electron chi connectivity index (χ1n) is 5.37. The number of carbonyl (C=O) groups is 1. The number of nitrogens with zero attached hydrogens (tertiary/aromatic N) is 2. The maximum atomic E-state index is 12.1. The van der Waals surface area contributed by atoms with Gasteiger partial charge in [-0.3, -0.25) is 0 Å². The number of hydrogen-bond acceptors (Lipinski definition) is 5. The summed E-state index contributed by atoms with van der Waals surface area (Å²) in [5, 5.41) is 0. The quantitative estimate of drug-likeness (QED) is 0.524. The number of esters is 1. The Hall–Kier alpha value is -2.38. The number of alkyl halides is 3. The standard InChI is InChI=1S/C12H12F3N3O2/c1-7-5-17-10(11(19)20-2)3-9(7)8(4-16)6-18-12(13,14)15/h3-6H,16H2,1-2H3/b8-4+,18-6+. The highest BCUT2D eigenvalue weighted by molar-refractivity contribution is 6.10. The number of pyridine rings is 1. The van der Waals surface area contributed by atoms with Crippen LogP contribution in [0.2, 0.25) is 0 Å². The molecule has 0 unspecified atom stereocenters. The molecule has 0 saturated carbocycles. The molecule has 5 nitrogen and oxygen atoms in total. The average molecular weight is 287 g/mol. The van der Waals surface area contributed by atoms with Crippen LogP contribution in [0.5, 0.6) is 0 Å². The molecule has 1 heterocycles. The normalized spacial score (nSPS) is 12.8. The highest BCUT2D eigenvalue weighted by Gasteiger charge is 2.25. The minimum atomic E-state index is -4.69. The van der Waals surface area contributed by atoms with Crippen molar-refractivity contribution in [2.45, 2.75) is 13.2 Å². The Bertz CT molecular complexity index is 566. The predicted molar refractivity (Wildman–Crippen MR) is 67.0 cm³/mol. The third-order valence-electron chi connectivity index (χ3n) is 2.34. The van der Waals surface area contributed by atoms with E-state index >= 15 is 0 Å². The van der Waals surface area contributed by atoms with Gasteiger partial charge < -0.3 is 10.5 Å². The Morgan fingerprint density at radius 3 is 2.65 bits per heavy atom. The average Bonchev–Trinajstić information content (AvgIpc) is 2.39. The first kappa shape index (κ1) is 15.7. The summed E-state index contributed by atoms with van der Waals surface area (Å²) in [5.74, 6) is -0.699. The van der Waals surface area contributed by atoms with Crippen LogP contribution in [0.15, 0.2) is 23.5 Å². The van der Waals surface area contributed by atoms with Crippen molar-refractivity contribution in [2.24, 2.45) is 10.7 Å². The van der Waals surface area contributed by atoms with Crippen molar-refractivity contribution < 1.29 is 22.7 Å². The van der Waals surface area contributed by atoms with Gasteiger partial charge in [0.1, 0.15) is 5.69 Å². The van der Waals surface area contributed by atoms with Crippen molar-refractivity contribution in [1.29, 1.82) is 0 Å². The smallest absolute Gasteiger partial charge is 0.464 e. The fourth-order valence-electron chi connectivity index (χ4n) is 1.40. The molecule has 0 amide bonds. The zero-order chi connectivity index (χ0) is 15.3. The summed E-state index contributed by atoms with van der Waals surface area (Å²) in [7, 11) is 1.17. The fraction of sp³-hybridized carbons (Fsp3) is 0.250. The van der Waals surface area contributed by atoms with Gasteiger partial charge in [0.15, 0.2) is 0 Å². The van der Waals surface area contributed by atoms with Gasteiger partial charge in [0, 0.05) is 24.2 Å². The number of carbonyl (C=O) groups excluding carboxylic acids is 1. The molecule has 0 aliphatic carbocycles. The van der Waals surface area contributed by atoms with E-state index < -0.39 is 12.3 Å². The molecular weight excluding hydrogens is 275 g/mol. The van der Waals surface area contributed by atoms with E-state index in [-0.39, 0.29) is 11.3 Å². The first-order valence-corrected chi connectivity index (χ1v) is 5.37. The molecule has 1 rings (SSSR count). The molecule has 1 aromatic rings. The van der Waals surface area contributed by atoms with Crippen LogP contribution in [0.1, 0.15) is 21.6 Å². The van der Waals surface area contributed by atoms with Crippen LogP contribution < -0.4 is 5.73 Å². The van der Waals surface area contributed by atoms with Gasteiger partial charge >= 0.3 is 12.3 Å². The minimum absolute atomic E-state index is 0.0207. The second kappa shape index (κ2) is 6.18. The lowest BCUT2D eigenvalue weighted by molar-refractivity contribution is -0.118. The zero-order valence-electron chi connectivity index (χ0n) is 10.7. The topological polar surface area (TPSA) is 77.6 Å². The van der Waals surface area contributed by atoms with Crippen LogP contribution >= 0.6 is 0 Å². The number of aliphatic imine (C=N–C) groups is 1. The monoisotopic (exact) mass is 287 g/mol. The lowest BCUT2D eigenvalue weighted by atomic mass is 10.0. The van der Waals surface area contributed by atoms with Crippen LogP contribution in [0.25, 0.3) is 5.57 Å². The Morgan fingerprint density at radius 2 is 2.15 bits per heavy atom. The van der Waals surface area contributed by atoms with Crippen LogP contribution in [0.4, 0.5) is 13.2 Å². The highest BCUT2D eigenvalue weighted by atomic mass is 19.4. The molecule has 108 valence electrons. The van der Waals surface area contributed by atoms with Crippen LogP contribution in [0, 0.1) is 6.92 Å². The number of methoxy groups -OCH3 is 1. The number of halogens is 3. The number of allylic oxidation sites excluding steroid dienone is 1. The Kier molecular flexibility index (Phi) is 4.84. The molecule has 0 fully saturated rings. The van der Waals surface area contributed by atoms with E-state index in [2.05, 4.69) is 14.7 Å². The van der Waals surface area contributed by atoms with Crippen LogP contribution in [-0.2, 0) is 4.74 Å². The molecule has 0 radical (unpaired) electrons. The minimum Gasteiger partial charge on any atom is -0.464 e.